The first-order valence-corrected chi connectivity index (χ1v) is 6.79. The molecule has 2 N–H and O–H groups in total. The summed E-state index contributed by atoms with van der Waals surface area (Å²) < 4.78 is 0. The lowest BCUT2D eigenvalue weighted by molar-refractivity contribution is 0.0505. The van der Waals surface area contributed by atoms with E-state index in [4.69, 9.17) is 0 Å². The Morgan fingerprint density at radius 2 is 2.26 bits per heavy atom. The summed E-state index contributed by atoms with van der Waals surface area (Å²) in [6.07, 6.45) is 4.85. The Balaban J connectivity index is 1.96. The molecule has 0 saturated carbocycles. The van der Waals surface area contributed by atoms with Gasteiger partial charge in [0.2, 0.25) is 0 Å². The van der Waals surface area contributed by atoms with E-state index >= 15 is 0 Å². The van der Waals surface area contributed by atoms with Gasteiger partial charge in [0.25, 0.3) is 5.91 Å². The average Bonchev–Trinajstić information content (AvgIpc) is 2.94. The van der Waals surface area contributed by atoms with Crippen molar-refractivity contribution >= 4 is 16.8 Å². The van der Waals surface area contributed by atoms with E-state index in [9.17, 15) is 9.90 Å². The molecule has 0 bridgehead atoms. The highest BCUT2D eigenvalue weighted by Gasteiger charge is 2.27. The first-order valence-electron chi connectivity index (χ1n) is 6.79. The van der Waals surface area contributed by atoms with Crippen molar-refractivity contribution in [1.29, 1.82) is 0 Å². The number of fused-ring (bicyclic) bond motifs is 1. The van der Waals surface area contributed by atoms with Crippen LogP contribution >= 0.6 is 0 Å². The van der Waals surface area contributed by atoms with Crippen LogP contribution in [0.4, 0.5) is 0 Å². The summed E-state index contributed by atoms with van der Waals surface area (Å²) in [4.78, 5) is 17.6. The number of aliphatic hydroxyl groups is 1. The number of aromatic nitrogens is 1. The minimum absolute atomic E-state index is 0.0314. The Morgan fingerprint density at radius 1 is 1.37 bits per heavy atom. The molecule has 100 valence electrons. The van der Waals surface area contributed by atoms with Crippen LogP contribution in [-0.2, 0) is 0 Å². The molecule has 3 rings (SSSR count). The fraction of sp³-hybridized carbons (Fsp3) is 0.400. The molecule has 2 heterocycles. The SMILES string of the molecule is O=C(c1cccc2[nH]ccc12)N1CCCCC1CO. The molecule has 1 amide bonds. The van der Waals surface area contributed by atoms with Crippen LogP contribution < -0.4 is 0 Å². The molecule has 1 aliphatic rings. The van der Waals surface area contributed by atoms with E-state index < -0.39 is 0 Å². The molecule has 2 aromatic rings. The van der Waals surface area contributed by atoms with Crippen molar-refractivity contribution < 1.29 is 9.90 Å². The molecule has 4 heteroatoms. The summed E-state index contributed by atoms with van der Waals surface area (Å²) in [6.45, 7) is 0.791. The maximum atomic E-state index is 12.7. The summed E-state index contributed by atoms with van der Waals surface area (Å²) in [7, 11) is 0. The highest BCUT2D eigenvalue weighted by Crippen LogP contribution is 2.23. The van der Waals surface area contributed by atoms with E-state index in [1.807, 2.05) is 35.4 Å². The van der Waals surface area contributed by atoms with Crippen LogP contribution in [0.25, 0.3) is 10.9 Å². The predicted molar refractivity (Wildman–Crippen MR) is 74.1 cm³/mol. The number of benzene rings is 1. The monoisotopic (exact) mass is 258 g/mol. The molecule has 1 atom stereocenters. The summed E-state index contributed by atoms with van der Waals surface area (Å²) in [5.41, 5.74) is 1.70. The largest absolute Gasteiger partial charge is 0.394 e. The number of carbonyl (C=O) groups is 1. The number of hydrogen-bond donors (Lipinski definition) is 2. The standard InChI is InChI=1S/C15H18N2O2/c18-10-11-4-1-2-9-17(11)15(19)13-5-3-6-14-12(13)7-8-16-14/h3,5-8,11,16,18H,1-2,4,9-10H2. The number of rotatable bonds is 2. The second kappa shape index (κ2) is 5.05. The number of aromatic amines is 1. The van der Waals surface area contributed by atoms with Gasteiger partial charge in [-0.15, -0.1) is 0 Å². The number of H-pyrrole nitrogens is 1. The molecule has 0 radical (unpaired) electrons. The van der Waals surface area contributed by atoms with Crippen molar-refractivity contribution in [2.75, 3.05) is 13.2 Å². The average molecular weight is 258 g/mol. The van der Waals surface area contributed by atoms with Gasteiger partial charge in [0, 0.05) is 29.2 Å². The van der Waals surface area contributed by atoms with Crippen molar-refractivity contribution in [2.24, 2.45) is 0 Å². The van der Waals surface area contributed by atoms with Crippen molar-refractivity contribution in [1.82, 2.24) is 9.88 Å². The van der Waals surface area contributed by atoms with Crippen molar-refractivity contribution in [3.05, 3.63) is 36.0 Å². The van der Waals surface area contributed by atoms with Gasteiger partial charge in [-0.2, -0.15) is 0 Å². The Morgan fingerprint density at radius 3 is 3.11 bits per heavy atom. The zero-order valence-electron chi connectivity index (χ0n) is 10.8. The summed E-state index contributed by atoms with van der Waals surface area (Å²) >= 11 is 0. The Bertz CT molecular complexity index is 591. The fourth-order valence-electron chi connectivity index (χ4n) is 2.88. The lowest BCUT2D eigenvalue weighted by Crippen LogP contribution is -2.45. The number of nitrogens with zero attached hydrogens (tertiary/aromatic N) is 1. The number of piperidine rings is 1. The first kappa shape index (κ1) is 12.2. The molecular formula is C15H18N2O2. The van der Waals surface area contributed by atoms with Crippen LogP contribution in [0.15, 0.2) is 30.5 Å². The molecule has 1 saturated heterocycles. The molecule has 1 fully saturated rings. The highest BCUT2D eigenvalue weighted by molar-refractivity contribution is 6.06. The fourth-order valence-corrected chi connectivity index (χ4v) is 2.88. The van der Waals surface area contributed by atoms with Crippen LogP contribution in [0.5, 0.6) is 0 Å². The molecule has 1 aromatic heterocycles. The third-order valence-electron chi connectivity index (χ3n) is 3.92. The minimum atomic E-state index is -0.0320. The maximum absolute atomic E-state index is 12.7. The molecule has 0 spiro atoms. The number of nitrogens with one attached hydrogen (secondary N) is 1. The third kappa shape index (κ3) is 2.12. The quantitative estimate of drug-likeness (QED) is 0.867. The van der Waals surface area contributed by atoms with E-state index in [0.717, 1.165) is 42.3 Å². The van der Waals surface area contributed by atoms with Crippen LogP contribution in [-0.4, -0.2) is 40.1 Å². The van der Waals surface area contributed by atoms with Crippen LogP contribution in [0, 0.1) is 0 Å². The van der Waals surface area contributed by atoms with Gasteiger partial charge in [0.15, 0.2) is 0 Å². The molecular weight excluding hydrogens is 240 g/mol. The van der Waals surface area contributed by atoms with E-state index in [2.05, 4.69) is 4.98 Å². The third-order valence-corrected chi connectivity index (χ3v) is 3.92. The minimum Gasteiger partial charge on any atom is -0.394 e. The summed E-state index contributed by atoms with van der Waals surface area (Å²) in [6, 6.07) is 7.62. The Labute approximate surface area is 112 Å². The van der Waals surface area contributed by atoms with E-state index in [1.54, 1.807) is 0 Å². The second-order valence-corrected chi connectivity index (χ2v) is 5.08. The predicted octanol–water partition coefficient (Wildman–Crippen LogP) is 2.15. The zero-order chi connectivity index (χ0) is 13.2. The van der Waals surface area contributed by atoms with Gasteiger partial charge in [-0.3, -0.25) is 4.79 Å². The van der Waals surface area contributed by atoms with Gasteiger partial charge in [-0.25, -0.2) is 0 Å². The van der Waals surface area contributed by atoms with E-state index in [-0.39, 0.29) is 18.6 Å². The van der Waals surface area contributed by atoms with Gasteiger partial charge in [0.05, 0.1) is 12.6 Å². The van der Waals surface area contributed by atoms with Gasteiger partial charge >= 0.3 is 0 Å². The molecule has 1 aliphatic heterocycles. The molecule has 4 nitrogen and oxygen atoms in total. The first-order chi connectivity index (χ1) is 9.31. The van der Waals surface area contributed by atoms with Gasteiger partial charge in [-0.05, 0) is 37.5 Å². The van der Waals surface area contributed by atoms with E-state index in [0.29, 0.717) is 0 Å². The zero-order valence-corrected chi connectivity index (χ0v) is 10.8. The number of carbonyl (C=O) groups excluding carboxylic acids is 1. The highest BCUT2D eigenvalue weighted by atomic mass is 16.3. The van der Waals surface area contributed by atoms with Gasteiger partial charge < -0.3 is 15.0 Å². The van der Waals surface area contributed by atoms with Crippen LogP contribution in [0.3, 0.4) is 0 Å². The van der Waals surface area contributed by atoms with Crippen molar-refractivity contribution in [3.8, 4) is 0 Å². The molecule has 1 unspecified atom stereocenters. The van der Waals surface area contributed by atoms with Crippen molar-refractivity contribution in [2.45, 2.75) is 25.3 Å². The lowest BCUT2D eigenvalue weighted by Gasteiger charge is -2.34. The maximum Gasteiger partial charge on any atom is 0.254 e. The Kier molecular flexibility index (Phi) is 3.25. The van der Waals surface area contributed by atoms with Gasteiger partial charge in [0.1, 0.15) is 0 Å². The number of aliphatic hydroxyl groups excluding tert-OH is 1. The summed E-state index contributed by atoms with van der Waals surface area (Å²) in [5, 5.41) is 10.4. The number of likely N-dealkylation sites (tertiary alicyclic amines) is 1. The van der Waals surface area contributed by atoms with Crippen molar-refractivity contribution in [3.63, 3.8) is 0 Å². The molecule has 0 aliphatic carbocycles. The number of amides is 1. The smallest absolute Gasteiger partial charge is 0.254 e. The summed E-state index contributed by atoms with van der Waals surface area (Å²) in [5.74, 6) is 0.0314. The topological polar surface area (TPSA) is 56.3 Å². The molecule has 1 aromatic carbocycles. The van der Waals surface area contributed by atoms with Crippen LogP contribution in [0.2, 0.25) is 0 Å². The van der Waals surface area contributed by atoms with E-state index in [1.165, 1.54) is 0 Å². The number of hydrogen-bond acceptors (Lipinski definition) is 2. The normalized spacial score (nSPS) is 19.8. The van der Waals surface area contributed by atoms with Gasteiger partial charge in [-0.1, -0.05) is 6.07 Å². The lowest BCUT2D eigenvalue weighted by atomic mass is 10.0. The second-order valence-electron chi connectivity index (χ2n) is 5.08. The Hall–Kier alpha value is -1.81. The molecule has 19 heavy (non-hydrogen) atoms. The van der Waals surface area contributed by atoms with Crippen LogP contribution in [0.1, 0.15) is 29.6 Å².